The van der Waals surface area contributed by atoms with Crippen molar-refractivity contribution >= 4 is 52.8 Å². The van der Waals surface area contributed by atoms with Gasteiger partial charge in [-0.05, 0) is 48.3 Å². The van der Waals surface area contributed by atoms with Gasteiger partial charge in [-0.2, -0.15) is 0 Å². The first-order chi connectivity index (χ1) is 14.3. The highest BCUT2D eigenvalue weighted by Gasteiger charge is 2.33. The predicted molar refractivity (Wildman–Crippen MR) is 114 cm³/mol. The van der Waals surface area contributed by atoms with E-state index in [4.69, 9.17) is 10.6 Å². The molecule has 0 aliphatic heterocycles. The van der Waals surface area contributed by atoms with Crippen LogP contribution in [0.4, 0.5) is 24.3 Å². The number of hydrogen-bond donors (Lipinski definition) is 3. The Hall–Kier alpha value is -2.41. The number of anilines is 2. The zero-order valence-electron chi connectivity index (χ0n) is 16.8. The number of carbonyl (C=O) groups is 2. The molecule has 1 atom stereocenters. The number of carbonyl (C=O) groups excluding carboxylic acids is 2. The van der Waals surface area contributed by atoms with Crippen LogP contribution in [-0.4, -0.2) is 37.7 Å². The molecule has 170 valence electrons. The first-order valence-corrected chi connectivity index (χ1v) is 12.2. The monoisotopic (exact) mass is 495 g/mol. The molecule has 10 nitrogen and oxygen atoms in total. The molecule has 2 aromatic rings. The highest BCUT2D eigenvalue weighted by molar-refractivity contribution is 7.98. The first kappa shape index (κ1) is 24.9. The van der Waals surface area contributed by atoms with E-state index in [0.29, 0.717) is 12.1 Å². The number of amides is 2. The second-order valence-corrected chi connectivity index (χ2v) is 10.7. The average Bonchev–Trinajstić information content (AvgIpc) is 3.12. The molecular formula is C16H20F2N5O5PS2. The Balaban J connectivity index is 2.49. The molecule has 1 unspecified atom stereocenters. The normalized spacial score (nSPS) is 12.1. The van der Waals surface area contributed by atoms with Crippen LogP contribution >= 0.6 is 20.1 Å². The van der Waals surface area contributed by atoms with Gasteiger partial charge in [0.25, 0.3) is 10.0 Å². The van der Waals surface area contributed by atoms with Crippen LogP contribution in [0.15, 0.2) is 22.5 Å². The van der Waals surface area contributed by atoms with Gasteiger partial charge in [-0.3, -0.25) is 5.43 Å². The Bertz CT molecular complexity index is 1080. The van der Waals surface area contributed by atoms with Crippen molar-refractivity contribution in [1.82, 2.24) is 10.4 Å². The molecule has 1 heterocycles. The summed E-state index contributed by atoms with van der Waals surface area (Å²) >= 11 is 0.856. The number of urea groups is 1. The molecule has 0 aliphatic rings. The second kappa shape index (κ2) is 9.39. The SMILES string of the molecule is CPN(c1scnc1C(=O)OC(C)(C)C)S(=O)(=O)c1cc(F)c(NC(=O)NN)c(F)c1. The number of nitrogens with two attached hydrogens (primary N) is 1. The number of thiazole rings is 1. The van der Waals surface area contributed by atoms with Gasteiger partial charge < -0.3 is 10.1 Å². The number of esters is 1. The van der Waals surface area contributed by atoms with Crippen LogP contribution in [0.1, 0.15) is 31.3 Å². The fourth-order valence-corrected chi connectivity index (χ4v) is 6.32. The van der Waals surface area contributed by atoms with Gasteiger partial charge in [-0.15, -0.1) is 11.3 Å². The van der Waals surface area contributed by atoms with Crippen molar-refractivity contribution in [1.29, 1.82) is 0 Å². The Labute approximate surface area is 183 Å². The molecular weight excluding hydrogens is 475 g/mol. The predicted octanol–water partition coefficient (Wildman–Crippen LogP) is 2.79. The summed E-state index contributed by atoms with van der Waals surface area (Å²) in [7, 11) is -4.94. The molecule has 0 saturated carbocycles. The minimum absolute atomic E-state index is 0.0550. The van der Waals surface area contributed by atoms with Gasteiger partial charge >= 0.3 is 12.0 Å². The van der Waals surface area contributed by atoms with Crippen molar-refractivity contribution in [3.8, 4) is 0 Å². The molecule has 0 fully saturated rings. The van der Waals surface area contributed by atoms with Crippen LogP contribution in [0, 0.1) is 11.6 Å². The third-order valence-electron chi connectivity index (χ3n) is 3.45. The maximum Gasteiger partial charge on any atom is 0.360 e. The zero-order valence-corrected chi connectivity index (χ0v) is 19.5. The van der Waals surface area contributed by atoms with E-state index in [0.717, 1.165) is 15.4 Å². The minimum Gasteiger partial charge on any atom is -0.455 e. The lowest BCUT2D eigenvalue weighted by Crippen LogP contribution is -2.35. The van der Waals surface area contributed by atoms with Gasteiger partial charge in [0.15, 0.2) is 17.3 Å². The maximum absolute atomic E-state index is 14.4. The van der Waals surface area contributed by atoms with E-state index in [1.54, 1.807) is 26.2 Å². The van der Waals surface area contributed by atoms with Gasteiger partial charge in [0.1, 0.15) is 16.3 Å². The largest absolute Gasteiger partial charge is 0.455 e. The van der Waals surface area contributed by atoms with E-state index in [9.17, 15) is 26.8 Å². The standard InChI is InChI=1S/C16H20F2N5O5PS2/c1-16(2,3)28-14(24)12-13(30-7-20-12)23(29-4)31(26,27)8-5-9(17)11(10(18)6-8)21-15(25)22-19/h5-7,29H,19H2,1-4H3,(H2,21,22,25). The van der Waals surface area contributed by atoms with Crippen LogP contribution < -0.4 is 20.7 Å². The van der Waals surface area contributed by atoms with Crippen molar-refractivity contribution in [2.24, 2.45) is 5.84 Å². The Morgan fingerprint density at radius 1 is 1.26 bits per heavy atom. The fourth-order valence-electron chi connectivity index (χ4n) is 2.25. The molecule has 2 amide bonds. The average molecular weight is 495 g/mol. The van der Waals surface area contributed by atoms with Crippen LogP contribution in [0.25, 0.3) is 0 Å². The van der Waals surface area contributed by atoms with E-state index in [2.05, 4.69) is 4.98 Å². The molecule has 0 saturated heterocycles. The number of nitrogens with one attached hydrogen (secondary N) is 2. The topological polar surface area (TPSA) is 144 Å². The number of benzene rings is 1. The van der Waals surface area contributed by atoms with E-state index < -0.39 is 58.6 Å². The quantitative estimate of drug-likeness (QED) is 0.184. The number of sulfonamides is 1. The summed E-state index contributed by atoms with van der Waals surface area (Å²) < 4.78 is 61.0. The number of hydrogen-bond acceptors (Lipinski definition) is 8. The molecule has 4 N–H and O–H groups in total. The molecule has 0 bridgehead atoms. The van der Waals surface area contributed by atoms with E-state index >= 15 is 0 Å². The highest BCUT2D eigenvalue weighted by Crippen LogP contribution is 2.39. The highest BCUT2D eigenvalue weighted by atomic mass is 32.2. The lowest BCUT2D eigenvalue weighted by atomic mass is 10.2. The maximum atomic E-state index is 14.4. The molecule has 1 aromatic heterocycles. The lowest BCUT2D eigenvalue weighted by molar-refractivity contribution is 0.00648. The van der Waals surface area contributed by atoms with Gasteiger partial charge in [0.05, 0.1) is 10.4 Å². The number of halogens is 2. The van der Waals surface area contributed by atoms with E-state index in [1.807, 2.05) is 5.32 Å². The van der Waals surface area contributed by atoms with Gasteiger partial charge in [-0.1, -0.05) is 0 Å². The summed E-state index contributed by atoms with van der Waals surface area (Å²) in [5.74, 6) is 1.35. The second-order valence-electron chi connectivity index (χ2n) is 6.86. The first-order valence-electron chi connectivity index (χ1n) is 8.48. The molecule has 0 spiro atoms. The van der Waals surface area contributed by atoms with Crippen LogP contribution in [-0.2, 0) is 14.8 Å². The van der Waals surface area contributed by atoms with Crippen molar-refractivity contribution < 1.29 is 31.5 Å². The molecule has 0 radical (unpaired) electrons. The Morgan fingerprint density at radius 2 is 1.84 bits per heavy atom. The van der Waals surface area contributed by atoms with Crippen molar-refractivity contribution in [3.05, 3.63) is 35.0 Å². The molecule has 15 heteroatoms. The fraction of sp³-hybridized carbons (Fsp3) is 0.312. The number of hydrazine groups is 1. The number of aromatic nitrogens is 1. The number of nitrogens with zero attached hydrogens (tertiary/aromatic N) is 2. The van der Waals surface area contributed by atoms with E-state index in [-0.39, 0.29) is 10.7 Å². The van der Waals surface area contributed by atoms with Crippen LogP contribution in [0.2, 0.25) is 0 Å². The van der Waals surface area contributed by atoms with Gasteiger partial charge in [0, 0.05) is 0 Å². The Morgan fingerprint density at radius 3 is 2.32 bits per heavy atom. The summed E-state index contributed by atoms with van der Waals surface area (Å²) in [6, 6.07) is -0.00527. The molecule has 2 rings (SSSR count). The van der Waals surface area contributed by atoms with Crippen molar-refractivity contribution in [3.63, 3.8) is 0 Å². The summed E-state index contributed by atoms with van der Waals surface area (Å²) in [6.45, 7) is 6.42. The summed E-state index contributed by atoms with van der Waals surface area (Å²) in [5, 5.41) is 1.77. The number of ether oxygens (including phenoxy) is 1. The molecule has 31 heavy (non-hydrogen) atoms. The van der Waals surface area contributed by atoms with Crippen molar-refractivity contribution in [2.45, 2.75) is 31.3 Å². The molecule has 0 aliphatic carbocycles. The summed E-state index contributed by atoms with van der Waals surface area (Å²) in [4.78, 5) is 26.8. The third-order valence-corrected chi connectivity index (χ3v) is 7.93. The zero-order chi connectivity index (χ0) is 23.6. The van der Waals surface area contributed by atoms with Crippen LogP contribution in [0.3, 0.4) is 0 Å². The molecule has 1 aromatic carbocycles. The lowest BCUT2D eigenvalue weighted by Gasteiger charge is -2.23. The van der Waals surface area contributed by atoms with Gasteiger partial charge in [0.2, 0.25) is 0 Å². The minimum atomic E-state index is -4.49. The Kier molecular flexibility index (Phi) is 7.53. The summed E-state index contributed by atoms with van der Waals surface area (Å²) in [5.41, 5.74) is 0.933. The van der Waals surface area contributed by atoms with Gasteiger partial charge in [-0.25, -0.2) is 41.7 Å². The smallest absolute Gasteiger partial charge is 0.360 e. The number of rotatable bonds is 6. The van der Waals surface area contributed by atoms with Crippen molar-refractivity contribution in [2.75, 3.05) is 16.1 Å². The summed E-state index contributed by atoms with van der Waals surface area (Å²) in [6.07, 6.45) is 0. The van der Waals surface area contributed by atoms with Crippen LogP contribution in [0.5, 0.6) is 0 Å². The third kappa shape index (κ3) is 5.64. The van der Waals surface area contributed by atoms with E-state index in [1.165, 1.54) is 12.2 Å².